The maximum atomic E-state index is 3.49. The predicted octanol–water partition coefficient (Wildman–Crippen LogP) is 2.10. The minimum atomic E-state index is 0.623. The van der Waals surface area contributed by atoms with E-state index < -0.39 is 0 Å². The van der Waals surface area contributed by atoms with Gasteiger partial charge in [0.25, 0.3) is 0 Å². The van der Waals surface area contributed by atoms with Gasteiger partial charge in [-0.2, -0.15) is 0 Å². The van der Waals surface area contributed by atoms with E-state index in [0.717, 1.165) is 26.2 Å². The zero-order valence-electron chi connectivity index (χ0n) is 10.6. The van der Waals surface area contributed by atoms with Crippen molar-refractivity contribution in [2.75, 3.05) is 19.6 Å². The van der Waals surface area contributed by atoms with Crippen molar-refractivity contribution in [2.24, 2.45) is 0 Å². The van der Waals surface area contributed by atoms with Gasteiger partial charge in [-0.3, -0.25) is 4.90 Å². The summed E-state index contributed by atoms with van der Waals surface area (Å²) in [5.74, 6) is 0. The van der Waals surface area contributed by atoms with Crippen molar-refractivity contribution in [3.05, 3.63) is 34.9 Å². The van der Waals surface area contributed by atoms with Crippen molar-refractivity contribution in [1.29, 1.82) is 0 Å². The summed E-state index contributed by atoms with van der Waals surface area (Å²) in [6.07, 6.45) is 0. The molecule has 1 saturated heterocycles. The Balaban J connectivity index is 2.08. The Morgan fingerprint density at radius 1 is 1.31 bits per heavy atom. The Labute approximate surface area is 98.7 Å². The first kappa shape index (κ1) is 11.6. The average molecular weight is 218 g/mol. The highest BCUT2D eigenvalue weighted by atomic mass is 15.2. The second-order valence-electron chi connectivity index (χ2n) is 4.96. The van der Waals surface area contributed by atoms with Gasteiger partial charge in [0, 0.05) is 32.2 Å². The minimum Gasteiger partial charge on any atom is -0.312 e. The average Bonchev–Trinajstić information content (AvgIpc) is 2.24. The molecule has 1 N–H and O–H groups in total. The van der Waals surface area contributed by atoms with E-state index in [9.17, 15) is 0 Å². The number of nitrogens with zero attached hydrogens (tertiary/aromatic N) is 1. The first-order valence-corrected chi connectivity index (χ1v) is 6.17. The molecule has 1 heterocycles. The maximum Gasteiger partial charge on any atom is 0.0240 e. The minimum absolute atomic E-state index is 0.623. The summed E-state index contributed by atoms with van der Waals surface area (Å²) < 4.78 is 0. The van der Waals surface area contributed by atoms with Crippen LogP contribution in [0.4, 0.5) is 0 Å². The number of benzene rings is 1. The van der Waals surface area contributed by atoms with Crippen LogP contribution in [0.2, 0.25) is 0 Å². The van der Waals surface area contributed by atoms with Gasteiger partial charge in [-0.1, -0.05) is 18.2 Å². The summed E-state index contributed by atoms with van der Waals surface area (Å²) in [6, 6.07) is 7.20. The topological polar surface area (TPSA) is 15.3 Å². The second-order valence-corrected chi connectivity index (χ2v) is 4.96. The van der Waals surface area contributed by atoms with Gasteiger partial charge in [0.1, 0.15) is 0 Å². The number of hydrogen-bond acceptors (Lipinski definition) is 2. The lowest BCUT2D eigenvalue weighted by Gasteiger charge is -2.32. The van der Waals surface area contributed by atoms with Crippen molar-refractivity contribution in [2.45, 2.75) is 33.4 Å². The number of piperazine rings is 1. The van der Waals surface area contributed by atoms with E-state index in [1.54, 1.807) is 0 Å². The number of nitrogens with one attached hydrogen (secondary N) is 1. The molecule has 16 heavy (non-hydrogen) atoms. The zero-order valence-corrected chi connectivity index (χ0v) is 10.6. The van der Waals surface area contributed by atoms with E-state index in [1.807, 2.05) is 0 Å². The molecule has 0 aromatic heterocycles. The highest BCUT2D eigenvalue weighted by molar-refractivity contribution is 5.33. The molecule has 2 heteroatoms. The molecule has 1 aromatic rings. The van der Waals surface area contributed by atoms with Crippen LogP contribution >= 0.6 is 0 Å². The van der Waals surface area contributed by atoms with Crippen LogP contribution in [0.1, 0.15) is 23.6 Å². The monoisotopic (exact) mass is 218 g/mol. The van der Waals surface area contributed by atoms with Crippen molar-refractivity contribution in [1.82, 2.24) is 10.2 Å². The highest BCUT2D eigenvalue weighted by Crippen LogP contribution is 2.16. The third-order valence-electron chi connectivity index (χ3n) is 3.48. The molecule has 0 radical (unpaired) electrons. The van der Waals surface area contributed by atoms with E-state index in [4.69, 9.17) is 0 Å². The van der Waals surface area contributed by atoms with Crippen molar-refractivity contribution in [3.8, 4) is 0 Å². The van der Waals surface area contributed by atoms with Gasteiger partial charge < -0.3 is 5.32 Å². The normalized spacial score (nSPS) is 22.3. The SMILES string of the molecule is Cc1cccc(C)c1CN1CCN[C@H](C)C1. The molecular weight excluding hydrogens is 196 g/mol. The van der Waals surface area contributed by atoms with Crippen LogP contribution in [0, 0.1) is 13.8 Å². The lowest BCUT2D eigenvalue weighted by atomic mass is 10.0. The molecule has 0 spiro atoms. The quantitative estimate of drug-likeness (QED) is 0.818. The van der Waals surface area contributed by atoms with E-state index >= 15 is 0 Å². The van der Waals surface area contributed by atoms with Crippen molar-refractivity contribution >= 4 is 0 Å². The first-order chi connectivity index (χ1) is 7.66. The van der Waals surface area contributed by atoms with Gasteiger partial charge in [0.05, 0.1) is 0 Å². The molecule has 88 valence electrons. The van der Waals surface area contributed by atoms with E-state index in [1.165, 1.54) is 16.7 Å². The van der Waals surface area contributed by atoms with Crippen LogP contribution < -0.4 is 5.32 Å². The van der Waals surface area contributed by atoms with Crippen LogP contribution in [-0.2, 0) is 6.54 Å². The van der Waals surface area contributed by atoms with Crippen molar-refractivity contribution in [3.63, 3.8) is 0 Å². The molecule has 1 aromatic carbocycles. The molecule has 0 aliphatic carbocycles. The molecule has 1 atom stereocenters. The number of rotatable bonds is 2. The molecular formula is C14H22N2. The molecule has 1 fully saturated rings. The largest absolute Gasteiger partial charge is 0.312 e. The summed E-state index contributed by atoms with van der Waals surface area (Å²) in [4.78, 5) is 2.55. The standard InChI is InChI=1S/C14H22N2/c1-11-5-4-6-12(2)14(11)10-16-8-7-15-13(3)9-16/h4-6,13,15H,7-10H2,1-3H3/t13-/m1/s1. The molecule has 0 amide bonds. The van der Waals surface area contributed by atoms with Crippen LogP contribution in [-0.4, -0.2) is 30.6 Å². The molecule has 2 nitrogen and oxygen atoms in total. The molecule has 1 aliphatic rings. The molecule has 2 rings (SSSR count). The van der Waals surface area contributed by atoms with E-state index in [0.29, 0.717) is 6.04 Å². The summed E-state index contributed by atoms with van der Waals surface area (Å²) in [7, 11) is 0. The summed E-state index contributed by atoms with van der Waals surface area (Å²) in [5.41, 5.74) is 4.36. The fraction of sp³-hybridized carbons (Fsp3) is 0.571. The fourth-order valence-corrected chi connectivity index (χ4v) is 2.48. The van der Waals surface area contributed by atoms with Gasteiger partial charge in [0.2, 0.25) is 0 Å². The smallest absolute Gasteiger partial charge is 0.0240 e. The number of hydrogen-bond donors (Lipinski definition) is 1. The first-order valence-electron chi connectivity index (χ1n) is 6.17. The summed E-state index contributed by atoms with van der Waals surface area (Å²) in [5, 5.41) is 3.49. The molecule has 0 bridgehead atoms. The summed E-state index contributed by atoms with van der Waals surface area (Å²) >= 11 is 0. The Kier molecular flexibility index (Phi) is 3.62. The molecule has 1 aliphatic heterocycles. The Bertz CT molecular complexity index is 340. The zero-order chi connectivity index (χ0) is 11.5. The van der Waals surface area contributed by atoms with Gasteiger partial charge in [-0.25, -0.2) is 0 Å². The maximum absolute atomic E-state index is 3.49. The molecule has 0 saturated carbocycles. The van der Waals surface area contributed by atoms with Crippen LogP contribution in [0.3, 0.4) is 0 Å². The summed E-state index contributed by atoms with van der Waals surface area (Å²) in [6.45, 7) is 11.2. The van der Waals surface area contributed by atoms with Gasteiger partial charge in [-0.05, 0) is 37.5 Å². The van der Waals surface area contributed by atoms with Crippen LogP contribution in [0.25, 0.3) is 0 Å². The molecule has 0 unspecified atom stereocenters. The van der Waals surface area contributed by atoms with E-state index in [2.05, 4.69) is 49.2 Å². The predicted molar refractivity (Wildman–Crippen MR) is 68.7 cm³/mol. The lowest BCUT2D eigenvalue weighted by molar-refractivity contribution is 0.199. The van der Waals surface area contributed by atoms with Gasteiger partial charge >= 0.3 is 0 Å². The third-order valence-corrected chi connectivity index (χ3v) is 3.48. The highest BCUT2D eigenvalue weighted by Gasteiger charge is 2.16. The lowest BCUT2D eigenvalue weighted by Crippen LogP contribution is -2.48. The fourth-order valence-electron chi connectivity index (χ4n) is 2.48. The van der Waals surface area contributed by atoms with E-state index in [-0.39, 0.29) is 0 Å². The van der Waals surface area contributed by atoms with Crippen LogP contribution in [0.15, 0.2) is 18.2 Å². The number of aryl methyl sites for hydroxylation is 2. The Hall–Kier alpha value is -0.860. The van der Waals surface area contributed by atoms with Crippen LogP contribution in [0.5, 0.6) is 0 Å². The Morgan fingerprint density at radius 2 is 2.00 bits per heavy atom. The van der Waals surface area contributed by atoms with Crippen molar-refractivity contribution < 1.29 is 0 Å². The Morgan fingerprint density at radius 3 is 2.62 bits per heavy atom. The second kappa shape index (κ2) is 4.98. The van der Waals surface area contributed by atoms with Gasteiger partial charge in [-0.15, -0.1) is 0 Å². The third kappa shape index (κ3) is 2.63. The van der Waals surface area contributed by atoms with Gasteiger partial charge in [0.15, 0.2) is 0 Å².